The Bertz CT molecular complexity index is 842. The van der Waals surface area contributed by atoms with Gasteiger partial charge in [0.05, 0.1) is 27.4 Å². The maximum atomic E-state index is 9.88. The second-order valence-electron chi connectivity index (χ2n) is 6.42. The van der Waals surface area contributed by atoms with Gasteiger partial charge >= 0.3 is 0 Å². The molecule has 2 aromatic carbocycles. The molecule has 26 heavy (non-hydrogen) atoms. The van der Waals surface area contributed by atoms with Crippen LogP contribution in [0.3, 0.4) is 0 Å². The van der Waals surface area contributed by atoms with Gasteiger partial charge in [0.25, 0.3) is 0 Å². The van der Waals surface area contributed by atoms with Crippen LogP contribution in [0.5, 0.6) is 17.2 Å². The Labute approximate surface area is 154 Å². The summed E-state index contributed by atoms with van der Waals surface area (Å²) in [5.74, 6) is 1.77. The number of rotatable bonds is 3. The third-order valence-corrected chi connectivity index (χ3v) is 5.04. The van der Waals surface area contributed by atoms with Gasteiger partial charge in [0.1, 0.15) is 6.04 Å². The van der Waals surface area contributed by atoms with Crippen molar-refractivity contribution in [2.24, 2.45) is 0 Å². The van der Waals surface area contributed by atoms with Gasteiger partial charge in [-0.2, -0.15) is 5.26 Å². The molecular formula is C21H24N2O3. The first-order chi connectivity index (χ1) is 12.6. The number of likely N-dealkylation sites (N-methyl/N-ethyl adjacent to an activating group) is 1. The summed E-state index contributed by atoms with van der Waals surface area (Å²) in [7, 11) is 6.80. The van der Waals surface area contributed by atoms with E-state index in [4.69, 9.17) is 14.2 Å². The van der Waals surface area contributed by atoms with Gasteiger partial charge in [-0.1, -0.05) is 24.3 Å². The molecule has 0 spiro atoms. The van der Waals surface area contributed by atoms with Crippen molar-refractivity contribution in [3.05, 3.63) is 52.6 Å². The maximum Gasteiger partial charge on any atom is 0.203 e. The summed E-state index contributed by atoms with van der Waals surface area (Å²) in [6.45, 7) is 0.797. The van der Waals surface area contributed by atoms with Crippen molar-refractivity contribution in [3.63, 3.8) is 0 Å². The highest BCUT2D eigenvalue weighted by Crippen LogP contribution is 2.45. The molecule has 1 aliphatic heterocycles. The molecule has 5 heteroatoms. The highest BCUT2D eigenvalue weighted by Gasteiger charge is 2.29. The van der Waals surface area contributed by atoms with Crippen LogP contribution in [0.1, 0.15) is 28.3 Å². The molecule has 0 radical (unpaired) electrons. The Kier molecular flexibility index (Phi) is 5.34. The molecular weight excluding hydrogens is 328 g/mol. The number of hydrogen-bond acceptors (Lipinski definition) is 5. The molecule has 0 amide bonds. The zero-order chi connectivity index (χ0) is 18.7. The lowest BCUT2D eigenvalue weighted by Crippen LogP contribution is -2.26. The van der Waals surface area contributed by atoms with E-state index in [1.807, 2.05) is 13.1 Å². The number of benzene rings is 2. The summed E-state index contributed by atoms with van der Waals surface area (Å²) < 4.78 is 16.8. The molecule has 0 N–H and O–H groups in total. The lowest BCUT2D eigenvalue weighted by atomic mass is 9.92. The third kappa shape index (κ3) is 3.09. The summed E-state index contributed by atoms with van der Waals surface area (Å²) in [5.41, 5.74) is 4.41. The van der Waals surface area contributed by atoms with E-state index in [0.29, 0.717) is 23.7 Å². The van der Waals surface area contributed by atoms with Crippen LogP contribution in [0.4, 0.5) is 0 Å². The van der Waals surface area contributed by atoms with Gasteiger partial charge in [-0.05, 0) is 36.2 Å². The Morgan fingerprint density at radius 3 is 2.35 bits per heavy atom. The zero-order valence-corrected chi connectivity index (χ0v) is 15.7. The molecule has 1 unspecified atom stereocenters. The van der Waals surface area contributed by atoms with E-state index >= 15 is 0 Å². The second kappa shape index (κ2) is 7.67. The van der Waals surface area contributed by atoms with Crippen LogP contribution in [0.25, 0.3) is 0 Å². The van der Waals surface area contributed by atoms with Crippen LogP contribution in [-0.2, 0) is 12.8 Å². The molecule has 2 aromatic rings. The number of nitrogens with zero attached hydrogens (tertiary/aromatic N) is 2. The Morgan fingerprint density at radius 2 is 1.73 bits per heavy atom. The van der Waals surface area contributed by atoms with Crippen LogP contribution < -0.4 is 14.2 Å². The summed E-state index contributed by atoms with van der Waals surface area (Å²) in [6.07, 6.45) is 1.58. The largest absolute Gasteiger partial charge is 0.493 e. The van der Waals surface area contributed by atoms with Crippen LogP contribution in [-0.4, -0.2) is 39.8 Å². The molecule has 0 saturated carbocycles. The number of nitriles is 1. The minimum absolute atomic E-state index is 0.381. The average Bonchev–Trinajstić information content (AvgIpc) is 2.72. The van der Waals surface area contributed by atoms with E-state index in [2.05, 4.69) is 35.2 Å². The molecule has 0 aromatic heterocycles. The standard InChI is InChI=1S/C21H24N2O3/c1-23-10-9-14-7-5-6-8-15(14)11-17-16(18(23)13-22)12-19(24-2)21(26-4)20(17)25-3/h5-8,12,18H,9-11H2,1-4H3. The van der Waals surface area contributed by atoms with E-state index in [9.17, 15) is 5.26 Å². The molecule has 136 valence electrons. The van der Waals surface area contributed by atoms with Gasteiger partial charge in [0.15, 0.2) is 11.5 Å². The normalized spacial score (nSPS) is 17.0. The zero-order valence-electron chi connectivity index (χ0n) is 15.7. The SMILES string of the molecule is COc1cc2c(c(OC)c1OC)Cc1ccccc1CCN(C)C2C#N. The molecule has 0 aliphatic carbocycles. The molecule has 1 aliphatic rings. The fraction of sp³-hybridized carbons (Fsp3) is 0.381. The lowest BCUT2D eigenvalue weighted by molar-refractivity contribution is 0.289. The summed E-state index contributed by atoms with van der Waals surface area (Å²) in [6, 6.07) is 12.4. The molecule has 5 nitrogen and oxygen atoms in total. The van der Waals surface area contributed by atoms with Crippen LogP contribution in [0.15, 0.2) is 30.3 Å². The van der Waals surface area contributed by atoms with Crippen LogP contribution in [0.2, 0.25) is 0 Å². The Balaban J connectivity index is 2.31. The topological polar surface area (TPSA) is 54.7 Å². The lowest BCUT2D eigenvalue weighted by Gasteiger charge is -2.26. The van der Waals surface area contributed by atoms with Crippen molar-refractivity contribution in [1.29, 1.82) is 5.26 Å². The summed E-state index contributed by atoms with van der Waals surface area (Å²) in [5, 5.41) is 9.88. The van der Waals surface area contributed by atoms with E-state index in [0.717, 1.165) is 24.1 Å². The minimum atomic E-state index is -0.381. The first-order valence-electron chi connectivity index (χ1n) is 8.63. The van der Waals surface area contributed by atoms with Gasteiger partial charge in [-0.25, -0.2) is 0 Å². The summed E-state index contributed by atoms with van der Waals surface area (Å²) >= 11 is 0. The monoisotopic (exact) mass is 352 g/mol. The number of hydrogen-bond donors (Lipinski definition) is 0. The summed E-state index contributed by atoms with van der Waals surface area (Å²) in [4.78, 5) is 2.08. The van der Waals surface area contributed by atoms with Gasteiger partial charge in [-0.3, -0.25) is 4.90 Å². The van der Waals surface area contributed by atoms with Crippen molar-refractivity contribution in [1.82, 2.24) is 4.90 Å². The molecule has 1 heterocycles. The Morgan fingerprint density at radius 1 is 1.04 bits per heavy atom. The first kappa shape index (κ1) is 18.1. The van der Waals surface area contributed by atoms with Crippen molar-refractivity contribution < 1.29 is 14.2 Å². The smallest absolute Gasteiger partial charge is 0.203 e. The molecule has 0 bridgehead atoms. The molecule has 1 atom stereocenters. The fourth-order valence-electron chi connectivity index (χ4n) is 3.66. The molecule has 3 rings (SSSR count). The van der Waals surface area contributed by atoms with Crippen molar-refractivity contribution >= 4 is 0 Å². The molecule has 0 fully saturated rings. The van der Waals surface area contributed by atoms with Crippen molar-refractivity contribution in [3.8, 4) is 23.3 Å². The number of methoxy groups -OCH3 is 3. The highest BCUT2D eigenvalue weighted by molar-refractivity contribution is 5.62. The highest BCUT2D eigenvalue weighted by atomic mass is 16.5. The van der Waals surface area contributed by atoms with Crippen LogP contribution >= 0.6 is 0 Å². The predicted octanol–water partition coefficient (Wildman–Crippen LogP) is 3.36. The third-order valence-electron chi connectivity index (χ3n) is 5.04. The van der Waals surface area contributed by atoms with Gasteiger partial charge < -0.3 is 14.2 Å². The van der Waals surface area contributed by atoms with E-state index in [-0.39, 0.29) is 6.04 Å². The quantitative estimate of drug-likeness (QED) is 0.848. The number of fused-ring (bicyclic) bond motifs is 2. The van der Waals surface area contributed by atoms with Crippen LogP contribution in [0, 0.1) is 11.3 Å². The van der Waals surface area contributed by atoms with Gasteiger partial charge in [0, 0.05) is 18.5 Å². The second-order valence-corrected chi connectivity index (χ2v) is 6.42. The number of ether oxygens (including phenoxy) is 3. The maximum absolute atomic E-state index is 9.88. The van der Waals surface area contributed by atoms with E-state index in [1.54, 1.807) is 21.3 Å². The van der Waals surface area contributed by atoms with Gasteiger partial charge in [0.2, 0.25) is 5.75 Å². The minimum Gasteiger partial charge on any atom is -0.493 e. The molecule has 0 saturated heterocycles. The fourth-order valence-corrected chi connectivity index (χ4v) is 3.66. The van der Waals surface area contributed by atoms with Crippen molar-refractivity contribution in [2.45, 2.75) is 18.9 Å². The van der Waals surface area contributed by atoms with Crippen molar-refractivity contribution in [2.75, 3.05) is 34.9 Å². The van der Waals surface area contributed by atoms with E-state index in [1.165, 1.54) is 11.1 Å². The Hall–Kier alpha value is -2.71. The van der Waals surface area contributed by atoms with E-state index < -0.39 is 0 Å². The predicted molar refractivity (Wildman–Crippen MR) is 100 cm³/mol. The van der Waals surface area contributed by atoms with Gasteiger partial charge in [-0.15, -0.1) is 0 Å². The first-order valence-corrected chi connectivity index (χ1v) is 8.63. The average molecular weight is 352 g/mol.